The van der Waals surface area contributed by atoms with Crippen molar-refractivity contribution in [2.75, 3.05) is 26.7 Å². The number of hydrogen-bond acceptors (Lipinski definition) is 4. The molecule has 1 fully saturated rings. The second-order valence-electron chi connectivity index (χ2n) is 5.68. The van der Waals surface area contributed by atoms with Gasteiger partial charge in [-0.15, -0.1) is 0 Å². The van der Waals surface area contributed by atoms with Crippen molar-refractivity contribution in [2.45, 2.75) is 18.9 Å². The lowest BCUT2D eigenvalue weighted by atomic mass is 10.0. The molecule has 0 bridgehead atoms. The average Bonchev–Trinajstić information content (AvgIpc) is 2.42. The third-order valence-corrected chi connectivity index (χ3v) is 3.93. The van der Waals surface area contributed by atoms with E-state index in [2.05, 4.69) is 0 Å². The second kappa shape index (κ2) is 5.68. The van der Waals surface area contributed by atoms with E-state index >= 15 is 0 Å². The summed E-state index contributed by atoms with van der Waals surface area (Å²) in [6, 6.07) is 5.72. The number of piperidine rings is 1. The van der Waals surface area contributed by atoms with Crippen LogP contribution < -0.4 is 0 Å². The molecule has 1 saturated heterocycles. The average molecular weight is 279 g/mol. The van der Waals surface area contributed by atoms with Gasteiger partial charge in [-0.25, -0.2) is 0 Å². The lowest BCUT2D eigenvalue weighted by Gasteiger charge is -2.38. The fraction of sp³-hybridized carbons (Fsp3) is 0.500. The van der Waals surface area contributed by atoms with E-state index in [0.29, 0.717) is 29.4 Å². The zero-order valence-corrected chi connectivity index (χ0v) is 11.5. The number of aliphatic hydroxyl groups excluding tert-OH is 1. The van der Waals surface area contributed by atoms with Crippen molar-refractivity contribution < 1.29 is 19.3 Å². The van der Waals surface area contributed by atoms with E-state index in [4.69, 9.17) is 0 Å². The van der Waals surface area contributed by atoms with Crippen molar-refractivity contribution in [2.24, 2.45) is 0 Å². The molecule has 0 aliphatic carbocycles. The topological polar surface area (TPSA) is 80.4 Å². The molecule has 0 atom stereocenters. The van der Waals surface area contributed by atoms with Crippen LogP contribution in [0, 0.1) is 10.1 Å². The number of likely N-dealkylation sites (tertiary alicyclic amines) is 1. The van der Waals surface area contributed by atoms with Crippen LogP contribution in [0.2, 0.25) is 0 Å². The van der Waals surface area contributed by atoms with Crippen molar-refractivity contribution in [3.8, 4) is 0 Å². The fourth-order valence-corrected chi connectivity index (χ4v) is 2.54. The van der Waals surface area contributed by atoms with Gasteiger partial charge >= 0.3 is 0 Å². The number of likely N-dealkylation sites (N-methyl/N-ethyl adjacent to an activating group) is 1. The first kappa shape index (κ1) is 14.6. The Hall–Kier alpha value is -1.79. The molecule has 0 amide bonds. The highest BCUT2D eigenvalue weighted by Gasteiger charge is 2.31. The predicted molar refractivity (Wildman–Crippen MR) is 73.5 cm³/mol. The molecule has 108 valence electrons. The molecule has 1 N–H and O–H groups in total. The van der Waals surface area contributed by atoms with E-state index in [-0.39, 0.29) is 17.6 Å². The molecule has 0 spiro atoms. The number of rotatable bonds is 4. The SMILES string of the molecule is C[N+]1(CC(=O)c2ccc([N+](=O)[O-])cc2)CCC(O)CC1. The van der Waals surface area contributed by atoms with Gasteiger partial charge in [0.15, 0.2) is 0 Å². The first-order valence-corrected chi connectivity index (χ1v) is 6.69. The zero-order valence-electron chi connectivity index (χ0n) is 11.5. The van der Waals surface area contributed by atoms with E-state index in [1.165, 1.54) is 24.3 Å². The Morgan fingerprint density at radius 3 is 2.40 bits per heavy atom. The number of non-ortho nitro benzene ring substituents is 1. The van der Waals surface area contributed by atoms with E-state index in [1.54, 1.807) is 0 Å². The lowest BCUT2D eigenvalue weighted by Crippen LogP contribution is -2.53. The number of carbonyl (C=O) groups excluding carboxylic acids is 1. The van der Waals surface area contributed by atoms with Gasteiger partial charge in [0.05, 0.1) is 31.2 Å². The van der Waals surface area contributed by atoms with E-state index < -0.39 is 4.92 Å². The van der Waals surface area contributed by atoms with Gasteiger partial charge in [0.25, 0.3) is 5.69 Å². The molecular weight excluding hydrogens is 260 g/mol. The van der Waals surface area contributed by atoms with Crippen LogP contribution in [0.4, 0.5) is 5.69 Å². The molecule has 0 radical (unpaired) electrons. The molecule has 2 rings (SSSR count). The summed E-state index contributed by atoms with van der Waals surface area (Å²) in [5, 5.41) is 20.1. The maximum atomic E-state index is 12.2. The highest BCUT2D eigenvalue weighted by Crippen LogP contribution is 2.19. The summed E-state index contributed by atoms with van der Waals surface area (Å²) in [6.07, 6.45) is 1.17. The van der Waals surface area contributed by atoms with Crippen LogP contribution in [0.3, 0.4) is 0 Å². The normalized spacial score (nSPS) is 26.2. The highest BCUT2D eigenvalue weighted by atomic mass is 16.6. The molecule has 1 aromatic carbocycles. The molecule has 1 aliphatic heterocycles. The standard InChI is InChI=1S/C14H19N2O4/c1-16(8-6-13(17)7-9-16)10-14(18)11-2-4-12(5-3-11)15(19)20/h2-5,13,17H,6-10H2,1H3/q+1. The van der Waals surface area contributed by atoms with Crippen LogP contribution >= 0.6 is 0 Å². The van der Waals surface area contributed by atoms with E-state index in [1.807, 2.05) is 7.05 Å². The molecule has 0 saturated carbocycles. The first-order valence-electron chi connectivity index (χ1n) is 6.69. The minimum absolute atomic E-state index is 0.0111. The van der Waals surface area contributed by atoms with E-state index in [0.717, 1.165) is 13.1 Å². The van der Waals surface area contributed by atoms with Crippen LogP contribution in [0.15, 0.2) is 24.3 Å². The highest BCUT2D eigenvalue weighted by molar-refractivity contribution is 5.97. The van der Waals surface area contributed by atoms with Crippen LogP contribution in [0.1, 0.15) is 23.2 Å². The molecule has 6 nitrogen and oxygen atoms in total. The van der Waals surface area contributed by atoms with E-state index in [9.17, 15) is 20.0 Å². The monoisotopic (exact) mass is 279 g/mol. The molecule has 1 heterocycles. The second-order valence-corrected chi connectivity index (χ2v) is 5.68. The molecule has 20 heavy (non-hydrogen) atoms. The van der Waals surface area contributed by atoms with Gasteiger partial charge in [0, 0.05) is 30.5 Å². The number of nitrogens with zero attached hydrogens (tertiary/aromatic N) is 2. The van der Waals surface area contributed by atoms with Crippen LogP contribution in [-0.4, -0.2) is 53.1 Å². The van der Waals surface area contributed by atoms with Gasteiger partial charge in [0.2, 0.25) is 5.78 Å². The summed E-state index contributed by atoms with van der Waals surface area (Å²) >= 11 is 0. The van der Waals surface area contributed by atoms with Crippen molar-refractivity contribution in [3.05, 3.63) is 39.9 Å². The van der Waals surface area contributed by atoms with Gasteiger partial charge in [0.1, 0.15) is 6.54 Å². The molecule has 1 aromatic rings. The van der Waals surface area contributed by atoms with Crippen LogP contribution in [-0.2, 0) is 0 Å². The van der Waals surface area contributed by atoms with Crippen LogP contribution in [0.25, 0.3) is 0 Å². The number of aliphatic hydroxyl groups is 1. The van der Waals surface area contributed by atoms with Gasteiger partial charge in [-0.2, -0.15) is 0 Å². The van der Waals surface area contributed by atoms with Gasteiger partial charge < -0.3 is 9.59 Å². The summed E-state index contributed by atoms with van der Waals surface area (Å²) < 4.78 is 0.618. The number of nitro groups is 1. The Kier molecular flexibility index (Phi) is 4.15. The largest absolute Gasteiger partial charge is 0.393 e. The van der Waals surface area contributed by atoms with Gasteiger partial charge in [-0.1, -0.05) is 0 Å². The maximum Gasteiger partial charge on any atom is 0.269 e. The van der Waals surface area contributed by atoms with Crippen molar-refractivity contribution in [1.82, 2.24) is 0 Å². The first-order chi connectivity index (χ1) is 9.39. The summed E-state index contributed by atoms with van der Waals surface area (Å²) in [5.74, 6) is -0.0150. The molecular formula is C14H19N2O4+. The third kappa shape index (κ3) is 3.40. The summed E-state index contributed by atoms with van der Waals surface area (Å²) in [6.45, 7) is 1.92. The Balaban J connectivity index is 2.02. The summed E-state index contributed by atoms with van der Waals surface area (Å²) in [4.78, 5) is 22.3. The summed E-state index contributed by atoms with van der Waals surface area (Å²) in [7, 11) is 2.01. The quantitative estimate of drug-likeness (QED) is 0.391. The minimum Gasteiger partial charge on any atom is -0.393 e. The van der Waals surface area contributed by atoms with Crippen molar-refractivity contribution in [1.29, 1.82) is 0 Å². The Bertz CT molecular complexity index is 504. The van der Waals surface area contributed by atoms with Crippen LogP contribution in [0.5, 0.6) is 0 Å². The number of Topliss-reactive ketones (excluding diaryl/α,β-unsaturated/α-hetero) is 1. The minimum atomic E-state index is -0.478. The number of hydrogen-bond donors (Lipinski definition) is 1. The Labute approximate surface area is 117 Å². The summed E-state index contributed by atoms with van der Waals surface area (Å²) in [5.41, 5.74) is 0.490. The Morgan fingerprint density at radius 2 is 1.90 bits per heavy atom. The molecule has 6 heteroatoms. The van der Waals surface area contributed by atoms with Gasteiger partial charge in [-0.3, -0.25) is 14.9 Å². The number of nitro benzene ring substituents is 1. The zero-order chi connectivity index (χ0) is 14.8. The molecule has 0 aromatic heterocycles. The van der Waals surface area contributed by atoms with Crippen molar-refractivity contribution in [3.63, 3.8) is 0 Å². The lowest BCUT2D eigenvalue weighted by molar-refractivity contribution is -0.907. The van der Waals surface area contributed by atoms with Gasteiger partial charge in [-0.05, 0) is 12.1 Å². The third-order valence-electron chi connectivity index (χ3n) is 3.93. The number of quaternary nitrogens is 1. The smallest absolute Gasteiger partial charge is 0.269 e. The number of benzene rings is 1. The fourth-order valence-electron chi connectivity index (χ4n) is 2.54. The van der Waals surface area contributed by atoms with Crippen molar-refractivity contribution >= 4 is 11.5 Å². The number of ketones is 1. The number of carbonyl (C=O) groups is 1. The molecule has 1 aliphatic rings. The predicted octanol–water partition coefficient (Wildman–Crippen LogP) is 1.38. The Morgan fingerprint density at radius 1 is 1.35 bits per heavy atom. The maximum absolute atomic E-state index is 12.2. The molecule has 0 unspecified atom stereocenters.